The number of carbonyl (C=O) groups is 1. The molecule has 0 saturated heterocycles. The second kappa shape index (κ2) is 15.4. The standard InChI is InChI=1S/C22H43NO2/c1-20(2)16-14-12-10-8-6-7-9-11-13-15-17-21(24)25-19-18-22(3,4)23-5/h8,10,20,23H,6-7,9,11-19H2,1-5H3. The zero-order valence-electron chi connectivity index (χ0n) is 17.5. The Labute approximate surface area is 157 Å². The molecule has 0 aromatic rings. The van der Waals surface area contributed by atoms with E-state index < -0.39 is 0 Å². The van der Waals surface area contributed by atoms with Crippen molar-refractivity contribution in [3.63, 3.8) is 0 Å². The fourth-order valence-electron chi connectivity index (χ4n) is 2.56. The quantitative estimate of drug-likeness (QED) is 0.209. The Hall–Kier alpha value is -0.830. The molecule has 1 N–H and O–H groups in total. The van der Waals surface area contributed by atoms with E-state index in [0.717, 1.165) is 25.2 Å². The van der Waals surface area contributed by atoms with E-state index in [1.165, 1.54) is 44.9 Å². The number of unbranched alkanes of at least 4 members (excludes halogenated alkanes) is 6. The van der Waals surface area contributed by atoms with Crippen LogP contribution in [0, 0.1) is 5.92 Å². The number of nitrogens with one attached hydrogen (secondary N) is 1. The number of rotatable bonds is 16. The third-order valence-electron chi connectivity index (χ3n) is 4.74. The van der Waals surface area contributed by atoms with Crippen LogP contribution < -0.4 is 5.32 Å². The van der Waals surface area contributed by atoms with Crippen LogP contribution >= 0.6 is 0 Å². The first-order chi connectivity index (χ1) is 11.9. The topological polar surface area (TPSA) is 38.3 Å². The van der Waals surface area contributed by atoms with Crippen molar-refractivity contribution in [2.75, 3.05) is 13.7 Å². The van der Waals surface area contributed by atoms with Crippen LogP contribution in [0.4, 0.5) is 0 Å². The van der Waals surface area contributed by atoms with Crippen molar-refractivity contribution in [2.45, 2.75) is 104 Å². The summed E-state index contributed by atoms with van der Waals surface area (Å²) in [5.74, 6) is 0.780. The first-order valence-electron chi connectivity index (χ1n) is 10.4. The SMILES string of the molecule is CNC(C)(C)CCOC(=O)CCCCCCCC=CCCCC(C)C. The van der Waals surface area contributed by atoms with Crippen LogP contribution in [-0.2, 0) is 9.53 Å². The Balaban J connectivity index is 3.35. The Morgan fingerprint density at radius 2 is 1.60 bits per heavy atom. The van der Waals surface area contributed by atoms with Crippen molar-refractivity contribution in [2.24, 2.45) is 5.92 Å². The molecule has 0 radical (unpaired) electrons. The molecule has 3 heteroatoms. The van der Waals surface area contributed by atoms with Gasteiger partial charge in [0, 0.05) is 12.0 Å². The number of hydrogen-bond donors (Lipinski definition) is 1. The van der Waals surface area contributed by atoms with Crippen molar-refractivity contribution in [1.82, 2.24) is 5.32 Å². The predicted molar refractivity (Wildman–Crippen MR) is 109 cm³/mol. The van der Waals surface area contributed by atoms with Crippen LogP contribution in [0.15, 0.2) is 12.2 Å². The Morgan fingerprint density at radius 3 is 2.24 bits per heavy atom. The van der Waals surface area contributed by atoms with Crippen LogP contribution in [0.1, 0.15) is 98.3 Å². The molecule has 3 nitrogen and oxygen atoms in total. The number of allylic oxidation sites excluding steroid dienone is 2. The monoisotopic (exact) mass is 353 g/mol. The first-order valence-corrected chi connectivity index (χ1v) is 10.4. The fraction of sp³-hybridized carbons (Fsp3) is 0.864. The Morgan fingerprint density at radius 1 is 1.00 bits per heavy atom. The second-order valence-corrected chi connectivity index (χ2v) is 8.21. The van der Waals surface area contributed by atoms with Gasteiger partial charge in [-0.1, -0.05) is 51.7 Å². The van der Waals surface area contributed by atoms with Crippen LogP contribution in [0.25, 0.3) is 0 Å². The number of esters is 1. The summed E-state index contributed by atoms with van der Waals surface area (Å²) in [6, 6.07) is 0. The second-order valence-electron chi connectivity index (χ2n) is 8.21. The van der Waals surface area contributed by atoms with Gasteiger partial charge in [0.05, 0.1) is 6.61 Å². The van der Waals surface area contributed by atoms with E-state index in [-0.39, 0.29) is 11.5 Å². The van der Waals surface area contributed by atoms with Gasteiger partial charge in [-0.3, -0.25) is 4.79 Å². The third-order valence-corrected chi connectivity index (χ3v) is 4.74. The maximum absolute atomic E-state index is 11.7. The smallest absolute Gasteiger partial charge is 0.305 e. The van der Waals surface area contributed by atoms with Gasteiger partial charge in [0.2, 0.25) is 0 Å². The van der Waals surface area contributed by atoms with Crippen LogP contribution in [0.3, 0.4) is 0 Å². The molecular formula is C22H43NO2. The Kier molecular flexibility index (Phi) is 14.9. The highest BCUT2D eigenvalue weighted by Crippen LogP contribution is 2.11. The molecule has 0 fully saturated rings. The zero-order valence-corrected chi connectivity index (χ0v) is 17.5. The molecule has 0 heterocycles. The molecule has 0 amide bonds. The van der Waals surface area contributed by atoms with E-state index >= 15 is 0 Å². The normalized spacial score (nSPS) is 12.2. The number of carbonyl (C=O) groups excluding carboxylic acids is 1. The van der Waals surface area contributed by atoms with Gasteiger partial charge in [-0.05, 0) is 65.3 Å². The minimum Gasteiger partial charge on any atom is -0.466 e. The van der Waals surface area contributed by atoms with Gasteiger partial charge in [-0.25, -0.2) is 0 Å². The predicted octanol–water partition coefficient (Wildman–Crippen LogP) is 6.03. The lowest BCUT2D eigenvalue weighted by atomic mass is 10.0. The van der Waals surface area contributed by atoms with Gasteiger partial charge in [0.25, 0.3) is 0 Å². The molecule has 0 rings (SSSR count). The summed E-state index contributed by atoms with van der Waals surface area (Å²) in [6.07, 6.45) is 17.0. The molecule has 0 aliphatic carbocycles. The van der Waals surface area contributed by atoms with Crippen LogP contribution in [0.2, 0.25) is 0 Å². The summed E-state index contributed by atoms with van der Waals surface area (Å²) in [7, 11) is 1.94. The lowest BCUT2D eigenvalue weighted by Gasteiger charge is -2.23. The molecule has 0 bridgehead atoms. The minimum atomic E-state index is -0.0452. The molecule has 0 aliphatic heterocycles. The van der Waals surface area contributed by atoms with Gasteiger partial charge < -0.3 is 10.1 Å². The van der Waals surface area contributed by atoms with Gasteiger partial charge >= 0.3 is 5.97 Å². The van der Waals surface area contributed by atoms with Gasteiger partial charge in [-0.15, -0.1) is 0 Å². The summed E-state index contributed by atoms with van der Waals surface area (Å²) >= 11 is 0. The van der Waals surface area contributed by atoms with Crippen molar-refractivity contribution in [3.8, 4) is 0 Å². The Bertz CT molecular complexity index is 348. The van der Waals surface area contributed by atoms with E-state index in [0.29, 0.717) is 13.0 Å². The molecule has 0 aromatic carbocycles. The zero-order chi connectivity index (χ0) is 19.0. The molecule has 0 aromatic heterocycles. The number of hydrogen-bond acceptors (Lipinski definition) is 3. The molecule has 0 spiro atoms. The van der Waals surface area contributed by atoms with Crippen molar-refractivity contribution in [1.29, 1.82) is 0 Å². The highest BCUT2D eigenvalue weighted by atomic mass is 16.5. The molecule has 148 valence electrons. The van der Waals surface area contributed by atoms with E-state index in [9.17, 15) is 4.79 Å². The number of ether oxygens (including phenoxy) is 1. The lowest BCUT2D eigenvalue weighted by molar-refractivity contribution is -0.144. The molecule has 0 aliphatic rings. The fourth-order valence-corrected chi connectivity index (χ4v) is 2.56. The average Bonchev–Trinajstić information content (AvgIpc) is 2.55. The van der Waals surface area contributed by atoms with Crippen molar-refractivity contribution < 1.29 is 9.53 Å². The molecular weight excluding hydrogens is 310 g/mol. The van der Waals surface area contributed by atoms with Crippen molar-refractivity contribution >= 4 is 5.97 Å². The van der Waals surface area contributed by atoms with Crippen LogP contribution in [0.5, 0.6) is 0 Å². The summed E-state index contributed by atoms with van der Waals surface area (Å²) in [4.78, 5) is 11.7. The highest BCUT2D eigenvalue weighted by molar-refractivity contribution is 5.69. The van der Waals surface area contributed by atoms with Gasteiger partial charge in [0.15, 0.2) is 0 Å². The maximum atomic E-state index is 11.7. The summed E-state index contributed by atoms with van der Waals surface area (Å²) in [6.45, 7) is 9.31. The van der Waals surface area contributed by atoms with E-state index in [2.05, 4.69) is 45.2 Å². The van der Waals surface area contributed by atoms with Gasteiger partial charge in [0.1, 0.15) is 0 Å². The highest BCUT2D eigenvalue weighted by Gasteiger charge is 2.15. The molecule has 0 saturated carbocycles. The summed E-state index contributed by atoms with van der Waals surface area (Å²) < 4.78 is 5.30. The van der Waals surface area contributed by atoms with Gasteiger partial charge in [-0.2, -0.15) is 0 Å². The average molecular weight is 354 g/mol. The maximum Gasteiger partial charge on any atom is 0.305 e. The first kappa shape index (κ1) is 24.2. The summed E-state index contributed by atoms with van der Waals surface area (Å²) in [5, 5.41) is 3.21. The lowest BCUT2D eigenvalue weighted by Crippen LogP contribution is -2.37. The largest absolute Gasteiger partial charge is 0.466 e. The summed E-state index contributed by atoms with van der Waals surface area (Å²) in [5.41, 5.74) is 0.0309. The molecule has 0 atom stereocenters. The third kappa shape index (κ3) is 17.8. The molecule has 25 heavy (non-hydrogen) atoms. The van der Waals surface area contributed by atoms with E-state index in [4.69, 9.17) is 4.74 Å². The van der Waals surface area contributed by atoms with E-state index in [1.807, 2.05) is 7.05 Å². The van der Waals surface area contributed by atoms with Crippen LogP contribution in [-0.4, -0.2) is 25.2 Å². The van der Waals surface area contributed by atoms with E-state index in [1.54, 1.807) is 0 Å². The minimum absolute atomic E-state index is 0.0309. The molecule has 0 unspecified atom stereocenters. The van der Waals surface area contributed by atoms with Crippen molar-refractivity contribution in [3.05, 3.63) is 12.2 Å².